The molecule has 4 atom stereocenters. The van der Waals surface area contributed by atoms with Crippen LogP contribution in [0.25, 0.3) is 17.0 Å². The molecule has 4 unspecified atom stereocenters. The van der Waals surface area contributed by atoms with Gasteiger partial charge in [0.05, 0.1) is 11.9 Å². The third-order valence-corrected chi connectivity index (χ3v) is 11.3. The number of rotatable bonds is 3. The maximum atomic E-state index is 5.36. The van der Waals surface area contributed by atoms with Crippen LogP contribution in [0.5, 0.6) is 0 Å². The lowest BCUT2D eigenvalue weighted by atomic mass is 9.37. The van der Waals surface area contributed by atoms with Crippen molar-refractivity contribution in [1.82, 2.24) is 14.9 Å². The van der Waals surface area contributed by atoms with Crippen molar-refractivity contribution in [3.05, 3.63) is 114 Å². The highest BCUT2D eigenvalue weighted by atomic mass is 15.5. The van der Waals surface area contributed by atoms with Gasteiger partial charge in [-0.15, -0.1) is 0 Å². The van der Waals surface area contributed by atoms with Crippen molar-refractivity contribution >= 4 is 28.5 Å². The van der Waals surface area contributed by atoms with Crippen LogP contribution in [0.4, 0.5) is 22.9 Å². The van der Waals surface area contributed by atoms with E-state index >= 15 is 0 Å². The number of hydrogen-bond donors (Lipinski definition) is 0. The van der Waals surface area contributed by atoms with E-state index in [1.165, 1.54) is 33.6 Å². The number of aryl methyl sites for hydroxylation is 1. The molecular formula is C37H36N6. The zero-order valence-corrected chi connectivity index (χ0v) is 25.4. The van der Waals surface area contributed by atoms with E-state index in [-0.39, 0.29) is 23.2 Å². The summed E-state index contributed by atoms with van der Waals surface area (Å²) >= 11 is 0. The van der Waals surface area contributed by atoms with Gasteiger partial charge in [0, 0.05) is 54.1 Å². The van der Waals surface area contributed by atoms with Crippen LogP contribution in [0, 0.1) is 12.3 Å². The minimum absolute atomic E-state index is 0.0728. The topological polar surface area (TPSA) is 38.7 Å². The quantitative estimate of drug-likeness (QED) is 0.257. The van der Waals surface area contributed by atoms with Gasteiger partial charge in [-0.1, -0.05) is 74.5 Å². The maximum absolute atomic E-state index is 5.36. The van der Waals surface area contributed by atoms with Crippen molar-refractivity contribution in [3.8, 4) is 11.4 Å². The summed E-state index contributed by atoms with van der Waals surface area (Å²) < 4.78 is 0. The zero-order valence-electron chi connectivity index (χ0n) is 25.4. The highest BCUT2D eigenvalue weighted by Crippen LogP contribution is 2.78. The van der Waals surface area contributed by atoms with E-state index in [0.29, 0.717) is 0 Å². The van der Waals surface area contributed by atoms with Crippen LogP contribution in [0.15, 0.2) is 97.0 Å². The molecule has 214 valence electrons. The van der Waals surface area contributed by atoms with Gasteiger partial charge >= 0.3 is 0 Å². The molecule has 5 aliphatic rings. The minimum atomic E-state index is -0.152. The van der Waals surface area contributed by atoms with E-state index in [4.69, 9.17) is 9.97 Å². The van der Waals surface area contributed by atoms with Crippen molar-refractivity contribution in [1.29, 1.82) is 0 Å². The normalized spacial score (nSPS) is 27.2. The Kier molecular flexibility index (Phi) is 4.81. The summed E-state index contributed by atoms with van der Waals surface area (Å²) in [6, 6.07) is 26.6. The monoisotopic (exact) mass is 564 g/mol. The van der Waals surface area contributed by atoms with E-state index in [0.717, 1.165) is 35.7 Å². The lowest BCUT2D eigenvalue weighted by molar-refractivity contribution is 0.0905. The Bertz CT molecular complexity index is 1910. The Balaban J connectivity index is 1.36. The van der Waals surface area contributed by atoms with E-state index in [1.807, 2.05) is 0 Å². The SMILES string of the molecule is CCC12C3=C(C4N(C)C=CN4c4ccccc43)C1(CC)C1N(C)c3cnc(-c4ccccc4C)nc3N1c1ccccc12. The van der Waals surface area contributed by atoms with Crippen molar-refractivity contribution in [2.75, 3.05) is 28.8 Å². The summed E-state index contributed by atoms with van der Waals surface area (Å²) in [5.41, 5.74) is 11.5. The molecule has 0 spiro atoms. The van der Waals surface area contributed by atoms with E-state index in [2.05, 4.69) is 146 Å². The van der Waals surface area contributed by atoms with Gasteiger partial charge in [-0.25, -0.2) is 9.97 Å². The second-order valence-electron chi connectivity index (χ2n) is 12.7. The van der Waals surface area contributed by atoms with Crippen molar-refractivity contribution in [2.24, 2.45) is 5.41 Å². The number of allylic oxidation sites excluding steroid dienone is 1. The van der Waals surface area contributed by atoms with Crippen molar-refractivity contribution in [2.45, 2.75) is 51.4 Å². The summed E-state index contributed by atoms with van der Waals surface area (Å²) in [4.78, 5) is 20.3. The molecule has 43 heavy (non-hydrogen) atoms. The second kappa shape index (κ2) is 8.28. The first kappa shape index (κ1) is 25.0. The van der Waals surface area contributed by atoms with Gasteiger partial charge < -0.3 is 19.6 Å². The molecule has 4 aromatic rings. The van der Waals surface area contributed by atoms with Gasteiger partial charge in [0.15, 0.2) is 11.6 Å². The highest BCUT2D eigenvalue weighted by Gasteiger charge is 2.75. The standard InChI is InChI=1S/C37H36N6/c1-6-36-26-17-11-13-19-28(26)43-33-29(22-38-32(39-33)24-15-9-8-14-23(24)3)41(5)35(43)37(36,7-2)31-30(36)25-16-10-12-18-27(25)42-21-20-40(4)34(31)42/h8-22,34-35H,6-7H2,1-5H3. The molecule has 1 aromatic heterocycles. The van der Waals surface area contributed by atoms with Crippen LogP contribution >= 0.6 is 0 Å². The summed E-state index contributed by atoms with van der Waals surface area (Å²) in [7, 11) is 4.49. The third kappa shape index (κ3) is 2.64. The molecule has 5 heterocycles. The second-order valence-corrected chi connectivity index (χ2v) is 12.7. The van der Waals surface area contributed by atoms with Crippen LogP contribution in [-0.2, 0) is 5.41 Å². The van der Waals surface area contributed by atoms with Gasteiger partial charge in [0.2, 0.25) is 0 Å². The number of anilines is 4. The predicted molar refractivity (Wildman–Crippen MR) is 174 cm³/mol. The van der Waals surface area contributed by atoms with Gasteiger partial charge in [-0.05, 0) is 54.2 Å². The number of aromatic nitrogens is 2. The average Bonchev–Trinajstić information content (AvgIpc) is 3.55. The number of likely N-dealkylation sites (N-methyl/N-ethyl adjacent to an activating group) is 1. The number of hydrogen-bond acceptors (Lipinski definition) is 6. The highest BCUT2D eigenvalue weighted by molar-refractivity contribution is 6.01. The molecule has 0 saturated carbocycles. The van der Waals surface area contributed by atoms with Crippen LogP contribution in [0.2, 0.25) is 0 Å². The van der Waals surface area contributed by atoms with E-state index in [9.17, 15) is 0 Å². The molecule has 4 aliphatic heterocycles. The fraction of sp³-hybridized carbons (Fsp3) is 0.297. The number of fused-ring (bicyclic) bond motifs is 15. The molecule has 6 nitrogen and oxygen atoms in total. The number of benzene rings is 3. The molecule has 0 radical (unpaired) electrons. The Morgan fingerprint density at radius 2 is 1.51 bits per heavy atom. The molecule has 9 rings (SSSR count). The fourth-order valence-electron chi connectivity index (χ4n) is 9.68. The molecule has 0 amide bonds. The summed E-state index contributed by atoms with van der Waals surface area (Å²) in [5, 5.41) is 0. The molecule has 0 fully saturated rings. The summed E-state index contributed by atoms with van der Waals surface area (Å²) in [6.45, 7) is 6.96. The van der Waals surface area contributed by atoms with E-state index in [1.54, 1.807) is 5.57 Å². The maximum Gasteiger partial charge on any atom is 0.162 e. The van der Waals surface area contributed by atoms with Crippen LogP contribution in [-0.4, -0.2) is 41.3 Å². The van der Waals surface area contributed by atoms with Gasteiger partial charge in [-0.3, -0.25) is 0 Å². The lowest BCUT2D eigenvalue weighted by Crippen LogP contribution is -2.73. The average molecular weight is 565 g/mol. The summed E-state index contributed by atoms with van der Waals surface area (Å²) in [6.07, 6.45) is 8.85. The summed E-state index contributed by atoms with van der Waals surface area (Å²) in [5.74, 6) is 1.79. The Hall–Kier alpha value is -4.58. The van der Waals surface area contributed by atoms with Crippen LogP contribution < -0.4 is 14.7 Å². The predicted octanol–water partition coefficient (Wildman–Crippen LogP) is 7.45. The Labute approximate surface area is 253 Å². The Morgan fingerprint density at radius 1 is 0.791 bits per heavy atom. The zero-order chi connectivity index (χ0) is 29.2. The molecule has 0 bridgehead atoms. The molecule has 0 N–H and O–H groups in total. The third-order valence-electron chi connectivity index (χ3n) is 11.3. The molecule has 0 saturated heterocycles. The smallest absolute Gasteiger partial charge is 0.162 e. The first-order valence-electron chi connectivity index (χ1n) is 15.6. The number of para-hydroxylation sites is 2. The molecular weight excluding hydrogens is 528 g/mol. The fourth-order valence-corrected chi connectivity index (χ4v) is 9.68. The largest absolute Gasteiger partial charge is 0.355 e. The van der Waals surface area contributed by atoms with E-state index < -0.39 is 0 Å². The lowest BCUT2D eigenvalue weighted by Gasteiger charge is -2.71. The van der Waals surface area contributed by atoms with Gasteiger partial charge in [-0.2, -0.15) is 0 Å². The first-order chi connectivity index (χ1) is 21.0. The first-order valence-corrected chi connectivity index (χ1v) is 15.6. The molecule has 3 aromatic carbocycles. The molecule has 6 heteroatoms. The number of nitrogens with zero attached hydrogens (tertiary/aromatic N) is 6. The minimum Gasteiger partial charge on any atom is -0.355 e. The van der Waals surface area contributed by atoms with Crippen molar-refractivity contribution in [3.63, 3.8) is 0 Å². The Morgan fingerprint density at radius 3 is 2.28 bits per heavy atom. The molecule has 1 aliphatic carbocycles. The van der Waals surface area contributed by atoms with Gasteiger partial charge in [0.25, 0.3) is 0 Å². The van der Waals surface area contributed by atoms with Crippen LogP contribution in [0.3, 0.4) is 0 Å². The van der Waals surface area contributed by atoms with Crippen LogP contribution in [0.1, 0.15) is 43.4 Å². The van der Waals surface area contributed by atoms with Crippen molar-refractivity contribution < 1.29 is 0 Å². The van der Waals surface area contributed by atoms with Gasteiger partial charge in [0.1, 0.15) is 18.0 Å².